The zero-order chi connectivity index (χ0) is 21.1. The summed E-state index contributed by atoms with van der Waals surface area (Å²) < 4.78 is 0. The minimum atomic E-state index is -0.383. The van der Waals surface area contributed by atoms with Crippen LogP contribution in [0.25, 0.3) is 21.9 Å². The lowest BCUT2D eigenvalue weighted by atomic mass is 9.99. The molecule has 4 aromatic rings. The SMILES string of the molecule is N#CCc1ccc(N=Cc2c(O)[nH]c(=O)c3ccc(-c4ccccc4Cl)cc23)cc1. The Kier molecular flexibility index (Phi) is 5.34. The van der Waals surface area contributed by atoms with Gasteiger partial charge in [0.25, 0.3) is 5.56 Å². The van der Waals surface area contributed by atoms with Crippen LogP contribution in [-0.2, 0) is 6.42 Å². The highest BCUT2D eigenvalue weighted by molar-refractivity contribution is 6.33. The van der Waals surface area contributed by atoms with E-state index in [1.165, 1.54) is 6.21 Å². The molecule has 0 spiro atoms. The number of nitriles is 1. The summed E-state index contributed by atoms with van der Waals surface area (Å²) in [5.41, 5.74) is 3.24. The third-order valence-corrected chi connectivity index (χ3v) is 5.12. The molecule has 0 saturated carbocycles. The molecule has 0 atom stereocenters. The minimum absolute atomic E-state index is 0.256. The molecule has 0 fully saturated rings. The number of nitrogens with one attached hydrogen (secondary N) is 1. The lowest BCUT2D eigenvalue weighted by Crippen LogP contribution is -2.08. The van der Waals surface area contributed by atoms with E-state index >= 15 is 0 Å². The topological polar surface area (TPSA) is 89.2 Å². The maximum atomic E-state index is 12.3. The summed E-state index contributed by atoms with van der Waals surface area (Å²) >= 11 is 6.32. The first-order valence-electron chi connectivity index (χ1n) is 9.20. The molecular weight excluding hydrogens is 398 g/mol. The molecule has 1 aromatic heterocycles. The number of nitrogens with zero attached hydrogens (tertiary/aromatic N) is 2. The Morgan fingerprint density at radius 2 is 1.83 bits per heavy atom. The fourth-order valence-corrected chi connectivity index (χ4v) is 3.50. The van der Waals surface area contributed by atoms with Crippen molar-refractivity contribution in [2.45, 2.75) is 6.42 Å². The zero-order valence-corrected chi connectivity index (χ0v) is 16.5. The van der Waals surface area contributed by atoms with Crippen LogP contribution in [0.1, 0.15) is 11.1 Å². The molecular formula is C24H16ClN3O2. The van der Waals surface area contributed by atoms with Gasteiger partial charge in [0.1, 0.15) is 0 Å². The minimum Gasteiger partial charge on any atom is -0.494 e. The van der Waals surface area contributed by atoms with Crippen molar-refractivity contribution in [3.05, 3.63) is 93.2 Å². The van der Waals surface area contributed by atoms with Gasteiger partial charge < -0.3 is 5.11 Å². The molecule has 5 nitrogen and oxygen atoms in total. The molecule has 2 N–H and O–H groups in total. The number of hydrogen-bond donors (Lipinski definition) is 2. The van der Waals surface area contributed by atoms with E-state index in [0.29, 0.717) is 33.5 Å². The van der Waals surface area contributed by atoms with Crippen molar-refractivity contribution in [3.8, 4) is 23.1 Å². The third kappa shape index (κ3) is 3.82. The molecule has 1 heterocycles. The van der Waals surface area contributed by atoms with Crippen molar-refractivity contribution >= 4 is 34.3 Å². The quantitative estimate of drug-likeness (QED) is 0.440. The number of rotatable bonds is 4. The number of aromatic nitrogens is 1. The van der Waals surface area contributed by atoms with Crippen LogP contribution in [0, 0.1) is 11.3 Å². The number of fused-ring (bicyclic) bond motifs is 1. The lowest BCUT2D eigenvalue weighted by Gasteiger charge is -2.09. The monoisotopic (exact) mass is 413 g/mol. The summed E-state index contributed by atoms with van der Waals surface area (Å²) in [6.07, 6.45) is 1.85. The number of halogens is 1. The Morgan fingerprint density at radius 1 is 1.07 bits per heavy atom. The summed E-state index contributed by atoms with van der Waals surface area (Å²) in [5, 5.41) is 20.8. The average Bonchev–Trinajstić information content (AvgIpc) is 2.75. The van der Waals surface area contributed by atoms with Crippen molar-refractivity contribution in [2.24, 2.45) is 4.99 Å². The third-order valence-electron chi connectivity index (χ3n) is 4.79. The maximum absolute atomic E-state index is 12.3. The predicted molar refractivity (Wildman–Crippen MR) is 120 cm³/mol. The van der Waals surface area contributed by atoms with Crippen molar-refractivity contribution in [1.29, 1.82) is 5.26 Å². The number of pyridine rings is 1. The molecule has 146 valence electrons. The van der Waals surface area contributed by atoms with Crippen LogP contribution in [0.15, 0.2) is 76.5 Å². The van der Waals surface area contributed by atoms with Gasteiger partial charge in [-0.2, -0.15) is 5.26 Å². The standard InChI is InChI=1S/C24H16ClN3O2/c25-22-4-2-1-3-18(22)16-7-10-19-20(13-16)21(24(30)28-23(19)29)14-27-17-8-5-15(6-9-17)11-12-26/h1-10,13-14H,11H2,(H2,28,29,30). The predicted octanol–water partition coefficient (Wildman–Crippen LogP) is 5.37. The first-order valence-corrected chi connectivity index (χ1v) is 9.58. The Bertz CT molecular complexity index is 1370. The number of aromatic amines is 1. The van der Waals surface area contributed by atoms with Crippen LogP contribution >= 0.6 is 11.6 Å². The van der Waals surface area contributed by atoms with Crippen LogP contribution in [0.4, 0.5) is 5.69 Å². The molecule has 0 amide bonds. The van der Waals surface area contributed by atoms with Crippen LogP contribution in [0.2, 0.25) is 5.02 Å². The van der Waals surface area contributed by atoms with E-state index in [1.807, 2.05) is 42.5 Å². The second-order valence-electron chi connectivity index (χ2n) is 6.72. The second-order valence-corrected chi connectivity index (χ2v) is 7.12. The number of H-pyrrole nitrogens is 1. The van der Waals surface area contributed by atoms with E-state index < -0.39 is 0 Å². The van der Waals surface area contributed by atoms with E-state index in [9.17, 15) is 9.90 Å². The summed E-state index contributed by atoms with van der Waals surface area (Å²) in [7, 11) is 0. The highest BCUT2D eigenvalue weighted by atomic mass is 35.5. The summed E-state index contributed by atoms with van der Waals surface area (Å²) in [4.78, 5) is 19.2. The molecule has 0 aliphatic carbocycles. The smallest absolute Gasteiger partial charge is 0.258 e. The van der Waals surface area contributed by atoms with Gasteiger partial charge in [-0.15, -0.1) is 0 Å². The molecule has 4 rings (SSSR count). The van der Waals surface area contributed by atoms with E-state index in [-0.39, 0.29) is 11.4 Å². The zero-order valence-electron chi connectivity index (χ0n) is 15.8. The van der Waals surface area contributed by atoms with Gasteiger partial charge in [-0.05, 0) is 41.5 Å². The lowest BCUT2D eigenvalue weighted by molar-refractivity contribution is 0.452. The number of hydrogen-bond acceptors (Lipinski definition) is 4. The van der Waals surface area contributed by atoms with E-state index in [0.717, 1.165) is 16.7 Å². The largest absolute Gasteiger partial charge is 0.494 e. The fraction of sp³-hybridized carbons (Fsp3) is 0.0417. The molecule has 0 unspecified atom stereocenters. The van der Waals surface area contributed by atoms with Gasteiger partial charge in [0, 0.05) is 27.6 Å². The van der Waals surface area contributed by atoms with Gasteiger partial charge in [-0.1, -0.05) is 48.0 Å². The molecule has 3 aromatic carbocycles. The van der Waals surface area contributed by atoms with Crippen LogP contribution < -0.4 is 5.56 Å². The van der Waals surface area contributed by atoms with E-state index in [2.05, 4.69) is 16.0 Å². The summed E-state index contributed by atoms with van der Waals surface area (Å²) in [6.45, 7) is 0. The van der Waals surface area contributed by atoms with Gasteiger partial charge >= 0.3 is 0 Å². The normalized spacial score (nSPS) is 11.1. The molecule has 0 saturated heterocycles. The highest BCUT2D eigenvalue weighted by Gasteiger charge is 2.12. The van der Waals surface area contributed by atoms with Gasteiger partial charge in [0.2, 0.25) is 5.88 Å². The van der Waals surface area contributed by atoms with E-state index in [1.54, 1.807) is 24.3 Å². The Morgan fingerprint density at radius 3 is 2.57 bits per heavy atom. The number of aromatic hydroxyl groups is 1. The Hall–Kier alpha value is -3.88. The molecule has 0 aliphatic rings. The van der Waals surface area contributed by atoms with Crippen LogP contribution in [0.5, 0.6) is 5.88 Å². The van der Waals surface area contributed by atoms with Crippen LogP contribution in [-0.4, -0.2) is 16.3 Å². The average molecular weight is 414 g/mol. The van der Waals surface area contributed by atoms with Crippen LogP contribution in [0.3, 0.4) is 0 Å². The van der Waals surface area contributed by atoms with E-state index in [4.69, 9.17) is 16.9 Å². The number of benzene rings is 3. The van der Waals surface area contributed by atoms with Crippen molar-refractivity contribution in [2.75, 3.05) is 0 Å². The Balaban J connectivity index is 1.82. The van der Waals surface area contributed by atoms with Gasteiger partial charge in [-0.3, -0.25) is 14.8 Å². The maximum Gasteiger partial charge on any atom is 0.258 e. The van der Waals surface area contributed by atoms with Gasteiger partial charge in [0.05, 0.1) is 23.7 Å². The first kappa shape index (κ1) is 19.4. The highest BCUT2D eigenvalue weighted by Crippen LogP contribution is 2.31. The fourth-order valence-electron chi connectivity index (χ4n) is 3.26. The molecule has 0 aliphatic heterocycles. The Labute approximate surface area is 177 Å². The van der Waals surface area contributed by atoms with Gasteiger partial charge in [-0.25, -0.2) is 0 Å². The first-order chi connectivity index (χ1) is 14.6. The summed E-state index contributed by atoms with van der Waals surface area (Å²) in [5.74, 6) is -0.256. The van der Waals surface area contributed by atoms with Crippen molar-refractivity contribution in [1.82, 2.24) is 4.98 Å². The molecule has 0 bridgehead atoms. The number of aliphatic imine (C=N–C) groups is 1. The van der Waals surface area contributed by atoms with Crippen molar-refractivity contribution in [3.63, 3.8) is 0 Å². The van der Waals surface area contributed by atoms with Crippen molar-refractivity contribution < 1.29 is 5.11 Å². The molecule has 0 radical (unpaired) electrons. The molecule has 6 heteroatoms. The van der Waals surface area contributed by atoms with Gasteiger partial charge in [0.15, 0.2) is 0 Å². The summed E-state index contributed by atoms with van der Waals surface area (Å²) in [6, 6.07) is 22.1. The second kappa shape index (κ2) is 8.24. The molecule has 30 heavy (non-hydrogen) atoms.